The summed E-state index contributed by atoms with van der Waals surface area (Å²) in [5.74, 6) is 0. The maximum atomic E-state index is 9.71. The Kier molecular flexibility index (Phi) is 7.44. The van der Waals surface area contributed by atoms with Crippen LogP contribution in [0.3, 0.4) is 0 Å². The molecule has 4 atom stereocenters. The Balaban J connectivity index is 1.92. The molecule has 6 N–H and O–H groups in total. The number of hydrogen-bond acceptors (Lipinski definition) is 9. The maximum absolute atomic E-state index is 9.71. The molecule has 0 bridgehead atoms. The van der Waals surface area contributed by atoms with Crippen LogP contribution in [0.15, 0.2) is 39.2 Å². The average molecular weight is 432 g/mol. The van der Waals surface area contributed by atoms with Crippen molar-refractivity contribution in [2.75, 3.05) is 12.0 Å². The number of thiazole rings is 1. The summed E-state index contributed by atoms with van der Waals surface area (Å²) in [6.45, 7) is -0.738. The van der Waals surface area contributed by atoms with E-state index in [1.165, 1.54) is 11.3 Å². The SMILES string of the molecule is OC[C@@H](O)[C@H](O)[C@H](O)[C@@H](O)/C=N/Nc1nc(-c2ccc(Br)cc2)cs1. The van der Waals surface area contributed by atoms with E-state index in [4.69, 9.17) is 5.11 Å². The first-order chi connectivity index (χ1) is 11.9. The number of anilines is 1. The monoisotopic (exact) mass is 431 g/mol. The van der Waals surface area contributed by atoms with Crippen molar-refractivity contribution in [1.82, 2.24) is 4.98 Å². The topological polar surface area (TPSA) is 138 Å². The molecule has 0 saturated carbocycles. The highest BCUT2D eigenvalue weighted by Crippen LogP contribution is 2.26. The molecule has 10 heteroatoms. The Labute approximate surface area is 156 Å². The lowest BCUT2D eigenvalue weighted by Gasteiger charge is -2.23. The van der Waals surface area contributed by atoms with Gasteiger partial charge in [0.1, 0.15) is 24.4 Å². The fourth-order valence-electron chi connectivity index (χ4n) is 1.87. The van der Waals surface area contributed by atoms with E-state index < -0.39 is 31.0 Å². The Hall–Kier alpha value is -1.40. The van der Waals surface area contributed by atoms with Gasteiger partial charge in [-0.05, 0) is 12.1 Å². The number of rotatable bonds is 8. The smallest absolute Gasteiger partial charge is 0.203 e. The second kappa shape index (κ2) is 9.34. The van der Waals surface area contributed by atoms with Crippen LogP contribution in [0.25, 0.3) is 11.3 Å². The summed E-state index contributed by atoms with van der Waals surface area (Å²) in [5.41, 5.74) is 4.32. The molecule has 0 aliphatic rings. The molecule has 0 aliphatic heterocycles. The Morgan fingerprint density at radius 3 is 2.48 bits per heavy atom. The van der Waals surface area contributed by atoms with Gasteiger partial charge in [-0.3, -0.25) is 5.43 Å². The van der Waals surface area contributed by atoms with Crippen molar-refractivity contribution in [1.29, 1.82) is 0 Å². The highest BCUT2D eigenvalue weighted by atomic mass is 79.9. The summed E-state index contributed by atoms with van der Waals surface area (Å²) in [6, 6.07) is 7.65. The zero-order valence-electron chi connectivity index (χ0n) is 12.9. The van der Waals surface area contributed by atoms with Crippen LogP contribution in [0, 0.1) is 0 Å². The first-order valence-electron chi connectivity index (χ1n) is 7.26. The molecule has 8 nitrogen and oxygen atoms in total. The van der Waals surface area contributed by atoms with Gasteiger partial charge in [-0.2, -0.15) is 5.10 Å². The van der Waals surface area contributed by atoms with E-state index in [1.807, 2.05) is 29.6 Å². The zero-order chi connectivity index (χ0) is 18.4. The molecule has 25 heavy (non-hydrogen) atoms. The molecule has 2 rings (SSSR count). The molecule has 0 radical (unpaired) electrons. The normalized spacial score (nSPS) is 16.6. The summed E-state index contributed by atoms with van der Waals surface area (Å²) in [5, 5.41) is 52.9. The summed E-state index contributed by atoms with van der Waals surface area (Å²) in [6.07, 6.45) is -5.51. The van der Waals surface area contributed by atoms with Crippen molar-refractivity contribution in [3.63, 3.8) is 0 Å². The molecule has 0 spiro atoms. The Morgan fingerprint density at radius 1 is 1.16 bits per heavy atom. The first kappa shape index (κ1) is 19.9. The Morgan fingerprint density at radius 2 is 1.84 bits per heavy atom. The lowest BCUT2D eigenvalue weighted by molar-refractivity contribution is -0.0999. The van der Waals surface area contributed by atoms with E-state index in [1.54, 1.807) is 0 Å². The van der Waals surface area contributed by atoms with Gasteiger partial charge in [0, 0.05) is 15.4 Å². The van der Waals surface area contributed by atoms with Crippen LogP contribution in [0.5, 0.6) is 0 Å². The molecular formula is C15H18BrN3O5S. The van der Waals surface area contributed by atoms with Crippen molar-refractivity contribution in [2.24, 2.45) is 5.10 Å². The molecule has 0 aliphatic carbocycles. The van der Waals surface area contributed by atoms with E-state index in [0.717, 1.165) is 21.9 Å². The number of nitrogens with zero attached hydrogens (tertiary/aromatic N) is 2. The summed E-state index contributed by atoms with van der Waals surface area (Å²) >= 11 is 4.67. The second-order valence-electron chi connectivity index (χ2n) is 5.16. The lowest BCUT2D eigenvalue weighted by atomic mass is 10.0. The molecule has 1 heterocycles. The van der Waals surface area contributed by atoms with Crippen molar-refractivity contribution in [2.45, 2.75) is 24.4 Å². The molecule has 136 valence electrons. The number of aliphatic hydroxyl groups excluding tert-OH is 5. The molecule has 0 saturated heterocycles. The van der Waals surface area contributed by atoms with Crippen LogP contribution < -0.4 is 5.43 Å². The van der Waals surface area contributed by atoms with Gasteiger partial charge in [0.05, 0.1) is 18.5 Å². The first-order valence-corrected chi connectivity index (χ1v) is 8.93. The Bertz CT molecular complexity index is 697. The largest absolute Gasteiger partial charge is 0.394 e. The number of nitrogens with one attached hydrogen (secondary N) is 1. The van der Waals surface area contributed by atoms with Crippen molar-refractivity contribution in [3.8, 4) is 11.3 Å². The van der Waals surface area contributed by atoms with E-state index >= 15 is 0 Å². The summed E-state index contributed by atoms with van der Waals surface area (Å²) in [4.78, 5) is 4.34. The molecule has 2 aromatic rings. The predicted octanol–water partition coefficient (Wildman–Crippen LogP) is 0.406. The third-order valence-electron chi connectivity index (χ3n) is 3.31. The van der Waals surface area contributed by atoms with E-state index in [0.29, 0.717) is 5.13 Å². The van der Waals surface area contributed by atoms with Gasteiger partial charge in [0.2, 0.25) is 5.13 Å². The number of hydrazone groups is 1. The zero-order valence-corrected chi connectivity index (χ0v) is 15.3. The molecule has 0 fully saturated rings. The van der Waals surface area contributed by atoms with Gasteiger partial charge in [-0.1, -0.05) is 28.1 Å². The van der Waals surface area contributed by atoms with Gasteiger partial charge in [0.15, 0.2) is 0 Å². The third kappa shape index (κ3) is 5.54. The predicted molar refractivity (Wildman–Crippen MR) is 98.5 cm³/mol. The van der Waals surface area contributed by atoms with Gasteiger partial charge < -0.3 is 25.5 Å². The molecule has 0 amide bonds. The minimum absolute atomic E-state index is 0.479. The molecule has 1 aromatic carbocycles. The average Bonchev–Trinajstić information content (AvgIpc) is 3.09. The molecule has 1 aromatic heterocycles. The second-order valence-corrected chi connectivity index (χ2v) is 6.93. The highest BCUT2D eigenvalue weighted by molar-refractivity contribution is 9.10. The van der Waals surface area contributed by atoms with Crippen molar-refractivity contribution >= 4 is 38.6 Å². The number of benzene rings is 1. The van der Waals surface area contributed by atoms with Crippen LogP contribution in [-0.4, -0.2) is 67.8 Å². The maximum Gasteiger partial charge on any atom is 0.203 e. The van der Waals surface area contributed by atoms with Gasteiger partial charge >= 0.3 is 0 Å². The van der Waals surface area contributed by atoms with Crippen LogP contribution >= 0.6 is 27.3 Å². The van der Waals surface area contributed by atoms with Crippen LogP contribution in [0.1, 0.15) is 0 Å². The fourth-order valence-corrected chi connectivity index (χ4v) is 2.81. The van der Waals surface area contributed by atoms with Crippen LogP contribution in [0.2, 0.25) is 0 Å². The quantitative estimate of drug-likeness (QED) is 0.262. The summed E-state index contributed by atoms with van der Waals surface area (Å²) in [7, 11) is 0. The number of aliphatic hydroxyl groups is 5. The number of hydrogen-bond donors (Lipinski definition) is 6. The minimum atomic E-state index is -1.70. The minimum Gasteiger partial charge on any atom is -0.394 e. The van der Waals surface area contributed by atoms with Gasteiger partial charge in [-0.25, -0.2) is 4.98 Å². The summed E-state index contributed by atoms with van der Waals surface area (Å²) < 4.78 is 0.968. The number of aromatic nitrogens is 1. The number of halogens is 1. The van der Waals surface area contributed by atoms with E-state index in [2.05, 4.69) is 31.4 Å². The molecular weight excluding hydrogens is 414 g/mol. The fraction of sp³-hybridized carbons (Fsp3) is 0.333. The third-order valence-corrected chi connectivity index (χ3v) is 4.59. The highest BCUT2D eigenvalue weighted by Gasteiger charge is 2.29. The van der Waals surface area contributed by atoms with Crippen LogP contribution in [0.4, 0.5) is 5.13 Å². The van der Waals surface area contributed by atoms with Gasteiger partial charge in [-0.15, -0.1) is 11.3 Å². The molecule has 0 unspecified atom stereocenters. The standard InChI is InChI=1S/C15H18BrN3O5S/c16-9-3-1-8(2-4-9)10-7-25-15(18-10)19-17-5-11(21)13(23)14(24)12(22)6-20/h1-5,7,11-14,20-24H,6H2,(H,18,19)/b17-5+/t11-,12+,13+,14-/m0/s1. The lowest BCUT2D eigenvalue weighted by Crippen LogP contribution is -2.46. The van der Waals surface area contributed by atoms with E-state index in [9.17, 15) is 20.4 Å². The van der Waals surface area contributed by atoms with Crippen molar-refractivity contribution < 1.29 is 25.5 Å². The van der Waals surface area contributed by atoms with Gasteiger partial charge in [0.25, 0.3) is 0 Å². The van der Waals surface area contributed by atoms with Crippen molar-refractivity contribution in [3.05, 3.63) is 34.1 Å². The van der Waals surface area contributed by atoms with Crippen LogP contribution in [-0.2, 0) is 0 Å². The van der Waals surface area contributed by atoms with E-state index in [-0.39, 0.29) is 0 Å².